The molecule has 0 spiro atoms. The highest BCUT2D eigenvalue weighted by Gasteiger charge is 2.37. The number of nitrogens with zero attached hydrogens (tertiary/aromatic N) is 1. The third-order valence-electron chi connectivity index (χ3n) is 4.26. The Hall–Kier alpha value is -1.26. The van der Waals surface area contributed by atoms with Crippen molar-refractivity contribution in [3.8, 4) is 5.75 Å². The van der Waals surface area contributed by atoms with Crippen LogP contribution in [0.1, 0.15) is 24.5 Å². The zero-order valence-corrected chi connectivity index (χ0v) is 12.2. The first-order chi connectivity index (χ1) is 9.56. The van der Waals surface area contributed by atoms with Crippen molar-refractivity contribution in [1.29, 1.82) is 0 Å². The minimum absolute atomic E-state index is 0.181. The number of hydrogen-bond acceptors (Lipinski definition) is 3. The van der Waals surface area contributed by atoms with Gasteiger partial charge < -0.3 is 9.84 Å². The Morgan fingerprint density at radius 3 is 3.10 bits per heavy atom. The van der Waals surface area contributed by atoms with Crippen LogP contribution in [0, 0.1) is 5.92 Å². The van der Waals surface area contributed by atoms with E-state index in [1.807, 2.05) is 24.0 Å². The van der Waals surface area contributed by atoms with Crippen molar-refractivity contribution in [2.75, 3.05) is 13.2 Å². The molecule has 1 saturated heterocycles. The van der Waals surface area contributed by atoms with Crippen LogP contribution in [0.15, 0.2) is 12.1 Å². The van der Waals surface area contributed by atoms with E-state index in [0.717, 1.165) is 36.3 Å². The molecular weight excluding hydrogens is 278 g/mol. The van der Waals surface area contributed by atoms with Gasteiger partial charge in [0.15, 0.2) is 0 Å². The first-order valence-corrected chi connectivity index (χ1v) is 7.35. The zero-order valence-electron chi connectivity index (χ0n) is 11.4. The minimum Gasteiger partial charge on any atom is -0.493 e. The van der Waals surface area contributed by atoms with E-state index in [2.05, 4.69) is 0 Å². The summed E-state index contributed by atoms with van der Waals surface area (Å²) in [7, 11) is 0. The molecule has 2 unspecified atom stereocenters. The number of carboxylic acids is 1. The quantitative estimate of drug-likeness (QED) is 0.931. The van der Waals surface area contributed by atoms with Gasteiger partial charge in [-0.15, -0.1) is 0 Å². The van der Waals surface area contributed by atoms with Gasteiger partial charge in [-0.05, 0) is 36.6 Å². The molecule has 0 amide bonds. The molecule has 108 valence electrons. The van der Waals surface area contributed by atoms with E-state index >= 15 is 0 Å². The van der Waals surface area contributed by atoms with Crippen molar-refractivity contribution in [2.24, 2.45) is 5.92 Å². The van der Waals surface area contributed by atoms with Gasteiger partial charge >= 0.3 is 5.97 Å². The van der Waals surface area contributed by atoms with Crippen LogP contribution in [0.3, 0.4) is 0 Å². The van der Waals surface area contributed by atoms with Crippen molar-refractivity contribution >= 4 is 17.6 Å². The summed E-state index contributed by atoms with van der Waals surface area (Å²) < 4.78 is 5.68. The maximum Gasteiger partial charge on any atom is 0.321 e. The Balaban J connectivity index is 1.87. The minimum atomic E-state index is -0.741. The SMILES string of the molecule is CC1CCN(Cc2cc(Cl)cc3c2OCC3)C1C(=O)O. The predicted molar refractivity (Wildman–Crippen MR) is 76.3 cm³/mol. The number of carboxylic acid groups (broad SMARTS) is 1. The fourth-order valence-electron chi connectivity index (χ4n) is 3.29. The van der Waals surface area contributed by atoms with E-state index in [1.54, 1.807) is 0 Å². The number of ether oxygens (including phenoxy) is 1. The normalized spacial score (nSPS) is 25.5. The molecule has 1 N–H and O–H groups in total. The fraction of sp³-hybridized carbons (Fsp3) is 0.533. The van der Waals surface area contributed by atoms with Gasteiger partial charge in [0.05, 0.1) is 6.61 Å². The molecule has 2 heterocycles. The van der Waals surface area contributed by atoms with E-state index in [9.17, 15) is 9.90 Å². The molecule has 0 bridgehead atoms. The summed E-state index contributed by atoms with van der Waals surface area (Å²) in [6.45, 7) is 4.07. The largest absolute Gasteiger partial charge is 0.493 e. The summed E-state index contributed by atoms with van der Waals surface area (Å²) >= 11 is 6.15. The Labute approximate surface area is 123 Å². The van der Waals surface area contributed by atoms with Crippen molar-refractivity contribution in [1.82, 2.24) is 4.90 Å². The molecular formula is C15H18ClNO3. The third kappa shape index (κ3) is 2.38. The number of fused-ring (bicyclic) bond motifs is 1. The van der Waals surface area contributed by atoms with Gasteiger partial charge in [0.25, 0.3) is 0 Å². The summed E-state index contributed by atoms with van der Waals surface area (Å²) in [5.74, 6) is 0.341. The van der Waals surface area contributed by atoms with Gasteiger partial charge in [-0.25, -0.2) is 0 Å². The molecule has 0 radical (unpaired) electrons. The lowest BCUT2D eigenvalue weighted by Crippen LogP contribution is -2.38. The second-order valence-corrected chi connectivity index (χ2v) is 6.11. The van der Waals surface area contributed by atoms with Crippen molar-refractivity contribution < 1.29 is 14.6 Å². The van der Waals surface area contributed by atoms with Gasteiger partial charge in [0, 0.05) is 23.6 Å². The van der Waals surface area contributed by atoms with E-state index < -0.39 is 12.0 Å². The molecule has 3 rings (SSSR count). The summed E-state index contributed by atoms with van der Waals surface area (Å²) in [6.07, 6.45) is 1.79. The molecule has 2 aliphatic heterocycles. The number of likely N-dealkylation sites (tertiary alicyclic amines) is 1. The molecule has 20 heavy (non-hydrogen) atoms. The third-order valence-corrected chi connectivity index (χ3v) is 4.47. The Bertz CT molecular complexity index is 546. The number of carbonyl (C=O) groups is 1. The maximum absolute atomic E-state index is 11.4. The second-order valence-electron chi connectivity index (χ2n) is 5.67. The van der Waals surface area contributed by atoms with Crippen LogP contribution < -0.4 is 4.74 Å². The van der Waals surface area contributed by atoms with E-state index in [-0.39, 0.29) is 5.92 Å². The number of hydrogen-bond donors (Lipinski definition) is 1. The van der Waals surface area contributed by atoms with Crippen molar-refractivity contribution in [3.63, 3.8) is 0 Å². The van der Waals surface area contributed by atoms with Crippen LogP contribution in [0.4, 0.5) is 0 Å². The molecule has 1 aromatic rings. The summed E-state index contributed by atoms with van der Waals surface area (Å²) in [5, 5.41) is 10.1. The van der Waals surface area contributed by atoms with Crippen LogP contribution >= 0.6 is 11.6 Å². The van der Waals surface area contributed by atoms with E-state index in [1.165, 1.54) is 0 Å². The standard InChI is InChI=1S/C15H18ClNO3/c1-9-2-4-17(13(9)15(18)19)8-11-7-12(16)6-10-3-5-20-14(10)11/h6-7,9,13H,2-5,8H2,1H3,(H,18,19). The molecule has 2 aliphatic rings. The number of rotatable bonds is 3. The molecule has 4 nitrogen and oxygen atoms in total. The summed E-state index contributed by atoms with van der Waals surface area (Å²) in [5.41, 5.74) is 2.14. The Morgan fingerprint density at radius 1 is 1.55 bits per heavy atom. The molecule has 1 fully saturated rings. The zero-order chi connectivity index (χ0) is 14.3. The first-order valence-electron chi connectivity index (χ1n) is 6.97. The lowest BCUT2D eigenvalue weighted by atomic mass is 10.0. The molecule has 0 aromatic heterocycles. The van der Waals surface area contributed by atoms with Crippen LogP contribution in [0.5, 0.6) is 5.75 Å². The average molecular weight is 296 g/mol. The average Bonchev–Trinajstić information content (AvgIpc) is 2.95. The van der Waals surface area contributed by atoms with E-state index in [0.29, 0.717) is 18.2 Å². The summed E-state index contributed by atoms with van der Waals surface area (Å²) in [6, 6.07) is 3.42. The van der Waals surface area contributed by atoms with Crippen molar-refractivity contribution in [3.05, 3.63) is 28.3 Å². The second kappa shape index (κ2) is 5.26. The van der Waals surface area contributed by atoms with Gasteiger partial charge in [0.2, 0.25) is 0 Å². The molecule has 1 aromatic carbocycles. The van der Waals surface area contributed by atoms with Crippen LogP contribution in [-0.4, -0.2) is 35.2 Å². The number of benzene rings is 1. The monoisotopic (exact) mass is 295 g/mol. The lowest BCUT2D eigenvalue weighted by molar-refractivity contribution is -0.143. The van der Waals surface area contributed by atoms with Crippen LogP contribution in [0.2, 0.25) is 5.02 Å². The summed E-state index contributed by atoms with van der Waals surface area (Å²) in [4.78, 5) is 13.4. The molecule has 5 heteroatoms. The number of halogens is 1. The topological polar surface area (TPSA) is 49.8 Å². The fourth-order valence-corrected chi connectivity index (χ4v) is 3.55. The van der Waals surface area contributed by atoms with Gasteiger partial charge in [-0.3, -0.25) is 9.69 Å². The predicted octanol–water partition coefficient (Wildman–Crippen LogP) is 2.57. The smallest absolute Gasteiger partial charge is 0.321 e. The highest BCUT2D eigenvalue weighted by molar-refractivity contribution is 6.30. The first kappa shape index (κ1) is 13.7. The molecule has 2 atom stereocenters. The lowest BCUT2D eigenvalue weighted by Gasteiger charge is -2.24. The van der Waals surface area contributed by atoms with Gasteiger partial charge in [-0.2, -0.15) is 0 Å². The maximum atomic E-state index is 11.4. The highest BCUT2D eigenvalue weighted by atomic mass is 35.5. The van der Waals surface area contributed by atoms with Crippen LogP contribution in [-0.2, 0) is 17.8 Å². The van der Waals surface area contributed by atoms with Crippen molar-refractivity contribution in [2.45, 2.75) is 32.4 Å². The highest BCUT2D eigenvalue weighted by Crippen LogP contribution is 2.35. The Kier molecular flexibility index (Phi) is 3.61. The Morgan fingerprint density at radius 2 is 2.35 bits per heavy atom. The van der Waals surface area contributed by atoms with Crippen LogP contribution in [0.25, 0.3) is 0 Å². The molecule has 0 aliphatic carbocycles. The van der Waals surface area contributed by atoms with Gasteiger partial charge in [0.1, 0.15) is 11.8 Å². The van der Waals surface area contributed by atoms with E-state index in [4.69, 9.17) is 16.3 Å². The van der Waals surface area contributed by atoms with Gasteiger partial charge in [-0.1, -0.05) is 18.5 Å². The molecule has 0 saturated carbocycles. The number of aliphatic carboxylic acids is 1.